The number of anilines is 2. The van der Waals surface area contributed by atoms with Crippen LogP contribution in [-0.2, 0) is 6.42 Å². The lowest BCUT2D eigenvalue weighted by Gasteiger charge is -2.26. The van der Waals surface area contributed by atoms with Gasteiger partial charge in [0.05, 0.1) is 20.2 Å². The number of hydrogen-bond acceptors (Lipinski definition) is 4. The minimum Gasteiger partial charge on any atom is -0.497 e. The van der Waals surface area contributed by atoms with Gasteiger partial charge in [-0.1, -0.05) is 18.2 Å². The molecular weight excluding hydrogens is 324 g/mol. The van der Waals surface area contributed by atoms with Gasteiger partial charge in [0.2, 0.25) is 0 Å². The molecule has 0 amide bonds. The van der Waals surface area contributed by atoms with Crippen LogP contribution in [0.1, 0.15) is 13.4 Å². The number of aromatic nitrogens is 2. The van der Waals surface area contributed by atoms with Gasteiger partial charge in [0.1, 0.15) is 5.75 Å². The third-order valence-electron chi connectivity index (χ3n) is 5.44. The zero-order chi connectivity index (χ0) is 18.4. The molecule has 2 N–H and O–H groups in total. The summed E-state index contributed by atoms with van der Waals surface area (Å²) in [5.74, 6) is 0.851. The van der Waals surface area contributed by atoms with E-state index in [9.17, 15) is 0 Å². The Bertz CT molecular complexity index is 957. The first-order valence-electron chi connectivity index (χ1n) is 9.49. The van der Waals surface area contributed by atoms with Crippen LogP contribution in [0.4, 0.5) is 11.4 Å². The molecule has 0 radical (unpaired) electrons. The maximum atomic E-state index is 8.96. The molecule has 1 aromatic heterocycles. The van der Waals surface area contributed by atoms with Crippen molar-refractivity contribution < 1.29 is 6.11 Å². The van der Waals surface area contributed by atoms with Crippen molar-refractivity contribution in [1.82, 2.24) is 10.2 Å². The largest absolute Gasteiger partial charge is 0.497 e. The number of methoxy groups -OCH3 is 1. The first-order valence-corrected chi connectivity index (χ1v) is 8.92. The van der Waals surface area contributed by atoms with Crippen molar-refractivity contribution in [2.75, 3.05) is 30.4 Å². The Morgan fingerprint density at radius 1 is 1.19 bits per heavy atom. The molecule has 132 valence electrons. The monoisotopic (exact) mass is 347 g/mol. The molecular formula is C21H22N4O. The molecule has 0 bridgehead atoms. The van der Waals surface area contributed by atoms with Crippen molar-refractivity contribution in [1.29, 1.82) is 0 Å². The van der Waals surface area contributed by atoms with Gasteiger partial charge < -0.3 is 15.0 Å². The molecule has 5 nitrogen and oxygen atoms in total. The number of ether oxygens (including phenoxy) is 1. The summed E-state index contributed by atoms with van der Waals surface area (Å²) in [5.41, 5.74) is 5.42. The standard InChI is InChI=1S/C21H22N4O/c1-26-19-7-4-16-11-21(24-20(16)10-19)8-9-25(14-21)18-5-2-15(3-6-18)17-12-22-23-13-17/h2-7,10,12-13,24H,8-9,11,14H2,1H3,(H,22,23)/i14D. The molecule has 3 heterocycles. The highest BCUT2D eigenvalue weighted by Crippen LogP contribution is 2.41. The van der Waals surface area contributed by atoms with Crippen molar-refractivity contribution in [3.8, 4) is 16.9 Å². The summed E-state index contributed by atoms with van der Waals surface area (Å²) < 4.78 is 14.3. The first-order chi connectivity index (χ1) is 13.2. The summed E-state index contributed by atoms with van der Waals surface area (Å²) in [7, 11) is 1.68. The average molecular weight is 347 g/mol. The molecule has 5 rings (SSSR count). The third-order valence-corrected chi connectivity index (χ3v) is 5.44. The molecule has 2 aromatic carbocycles. The Morgan fingerprint density at radius 2 is 2.08 bits per heavy atom. The smallest absolute Gasteiger partial charge is 0.120 e. The van der Waals surface area contributed by atoms with Crippen LogP contribution in [0, 0.1) is 0 Å². The van der Waals surface area contributed by atoms with E-state index >= 15 is 0 Å². The first kappa shape index (κ1) is 14.2. The minimum absolute atomic E-state index is 0.238. The van der Waals surface area contributed by atoms with Crippen molar-refractivity contribution in [3.05, 3.63) is 60.4 Å². The van der Waals surface area contributed by atoms with E-state index in [1.54, 1.807) is 7.11 Å². The second-order valence-corrected chi connectivity index (χ2v) is 7.09. The van der Waals surface area contributed by atoms with Crippen LogP contribution >= 0.6 is 0 Å². The van der Waals surface area contributed by atoms with E-state index in [0.29, 0.717) is 0 Å². The summed E-state index contributed by atoms with van der Waals surface area (Å²) in [6.07, 6.45) is 5.54. The van der Waals surface area contributed by atoms with Gasteiger partial charge in [-0.25, -0.2) is 0 Å². The zero-order valence-electron chi connectivity index (χ0n) is 15.7. The lowest BCUT2D eigenvalue weighted by molar-refractivity contribution is 0.415. The molecule has 2 atom stereocenters. The maximum absolute atomic E-state index is 8.96. The lowest BCUT2D eigenvalue weighted by atomic mass is 9.94. The number of fused-ring (bicyclic) bond motifs is 1. The second-order valence-electron chi connectivity index (χ2n) is 7.09. The number of hydrogen-bond donors (Lipinski definition) is 2. The lowest BCUT2D eigenvalue weighted by Crippen LogP contribution is -2.39. The third kappa shape index (κ3) is 2.51. The van der Waals surface area contributed by atoms with Crippen LogP contribution < -0.4 is 15.0 Å². The maximum Gasteiger partial charge on any atom is 0.120 e. The molecule has 5 heteroatoms. The molecule has 2 aliphatic heterocycles. The Morgan fingerprint density at radius 3 is 2.85 bits per heavy atom. The van der Waals surface area contributed by atoms with E-state index in [2.05, 4.69) is 50.7 Å². The zero-order valence-corrected chi connectivity index (χ0v) is 14.7. The van der Waals surface area contributed by atoms with Crippen LogP contribution in [0.5, 0.6) is 5.75 Å². The fourth-order valence-electron chi connectivity index (χ4n) is 4.04. The number of rotatable bonds is 3. The molecule has 1 fully saturated rings. The van der Waals surface area contributed by atoms with Crippen LogP contribution in [0.25, 0.3) is 11.1 Å². The summed E-state index contributed by atoms with van der Waals surface area (Å²) in [6.45, 7) is 0.535. The molecule has 0 saturated carbocycles. The second kappa shape index (κ2) is 5.80. The molecule has 26 heavy (non-hydrogen) atoms. The minimum atomic E-state index is -0.337. The van der Waals surface area contributed by atoms with Crippen LogP contribution in [0.2, 0.25) is 0 Å². The van der Waals surface area contributed by atoms with E-state index in [4.69, 9.17) is 6.11 Å². The topological polar surface area (TPSA) is 53.2 Å². The molecule has 1 spiro atoms. The molecule has 2 unspecified atom stereocenters. The predicted octanol–water partition coefficient (Wildman–Crippen LogP) is 3.70. The number of aromatic amines is 1. The van der Waals surface area contributed by atoms with Gasteiger partial charge in [0.25, 0.3) is 0 Å². The fourth-order valence-corrected chi connectivity index (χ4v) is 4.04. The summed E-state index contributed by atoms with van der Waals surface area (Å²) in [5, 5.41) is 10.5. The SMILES string of the molecule is [2H]C1N(c2ccc(-c3cn[nH]c3)cc2)CCC12Cc1ccc(OC)cc1N2. The average Bonchev–Trinajstić information content (AvgIpc) is 3.42. The van der Waals surface area contributed by atoms with E-state index in [-0.39, 0.29) is 12.1 Å². The van der Waals surface area contributed by atoms with Gasteiger partial charge in [-0.3, -0.25) is 5.10 Å². The van der Waals surface area contributed by atoms with E-state index < -0.39 is 0 Å². The summed E-state index contributed by atoms with van der Waals surface area (Å²) >= 11 is 0. The van der Waals surface area contributed by atoms with E-state index in [0.717, 1.165) is 47.6 Å². The number of H-pyrrole nitrogens is 1. The highest BCUT2D eigenvalue weighted by Gasteiger charge is 2.42. The highest BCUT2D eigenvalue weighted by atomic mass is 16.5. The van der Waals surface area contributed by atoms with Gasteiger partial charge >= 0.3 is 0 Å². The molecule has 3 aromatic rings. The van der Waals surface area contributed by atoms with Gasteiger partial charge in [-0.2, -0.15) is 5.10 Å². The van der Waals surface area contributed by atoms with E-state index in [1.165, 1.54) is 5.56 Å². The summed E-state index contributed by atoms with van der Waals surface area (Å²) in [6, 6.07) is 14.6. The van der Waals surface area contributed by atoms with Crippen molar-refractivity contribution in [2.24, 2.45) is 0 Å². The van der Waals surface area contributed by atoms with Gasteiger partial charge in [0.15, 0.2) is 0 Å². The Labute approximate surface area is 154 Å². The normalized spacial score (nSPS) is 24.4. The van der Waals surface area contributed by atoms with Gasteiger partial charge in [0, 0.05) is 42.3 Å². The highest BCUT2D eigenvalue weighted by molar-refractivity contribution is 5.67. The van der Waals surface area contributed by atoms with E-state index in [1.807, 2.05) is 24.5 Å². The Balaban J connectivity index is 1.38. The van der Waals surface area contributed by atoms with Gasteiger partial charge in [-0.15, -0.1) is 0 Å². The Hall–Kier alpha value is -2.95. The Kier molecular flexibility index (Phi) is 3.18. The van der Waals surface area contributed by atoms with Crippen molar-refractivity contribution in [2.45, 2.75) is 18.4 Å². The summed E-state index contributed by atoms with van der Waals surface area (Å²) in [4.78, 5) is 2.19. The van der Waals surface area contributed by atoms with Crippen LogP contribution in [0.15, 0.2) is 54.9 Å². The van der Waals surface area contributed by atoms with Crippen LogP contribution in [-0.4, -0.2) is 35.9 Å². The van der Waals surface area contributed by atoms with Crippen molar-refractivity contribution in [3.63, 3.8) is 0 Å². The molecule has 1 saturated heterocycles. The quantitative estimate of drug-likeness (QED) is 0.758. The molecule has 2 aliphatic rings. The van der Waals surface area contributed by atoms with Crippen molar-refractivity contribution >= 4 is 11.4 Å². The van der Waals surface area contributed by atoms with Gasteiger partial charge in [-0.05, 0) is 42.2 Å². The number of benzene rings is 2. The van der Waals surface area contributed by atoms with Crippen LogP contribution in [0.3, 0.4) is 0 Å². The number of nitrogens with zero attached hydrogens (tertiary/aromatic N) is 2. The predicted molar refractivity (Wildman–Crippen MR) is 104 cm³/mol. The fraction of sp³-hybridized carbons (Fsp3) is 0.286. The molecule has 0 aliphatic carbocycles. The number of nitrogens with one attached hydrogen (secondary N) is 2.